The molecule has 14 heavy (non-hydrogen) atoms. The van der Waals surface area contributed by atoms with Crippen LogP contribution >= 0.6 is 0 Å². The zero-order valence-corrected chi connectivity index (χ0v) is 8.79. The van der Waals surface area contributed by atoms with Crippen molar-refractivity contribution in [3.8, 4) is 5.75 Å². The molecular weight excluding hydrogens is 176 g/mol. The van der Waals surface area contributed by atoms with Gasteiger partial charge in [0.25, 0.3) is 0 Å². The Labute approximate surface area is 85.0 Å². The van der Waals surface area contributed by atoms with Gasteiger partial charge in [0.2, 0.25) is 0 Å². The van der Waals surface area contributed by atoms with Gasteiger partial charge < -0.3 is 16.2 Å². The third kappa shape index (κ3) is 2.47. The van der Waals surface area contributed by atoms with Gasteiger partial charge in [-0.05, 0) is 37.1 Å². The van der Waals surface area contributed by atoms with Crippen LogP contribution in [-0.2, 0) is 0 Å². The summed E-state index contributed by atoms with van der Waals surface area (Å²) in [6.45, 7) is 2.63. The largest absolute Gasteiger partial charge is 0.496 e. The lowest BCUT2D eigenvalue weighted by atomic mass is 10.0. The molecule has 3 nitrogen and oxygen atoms in total. The Hall–Kier alpha value is -1.06. The van der Waals surface area contributed by atoms with Crippen LogP contribution < -0.4 is 16.2 Å². The molecule has 0 heterocycles. The van der Waals surface area contributed by atoms with Crippen molar-refractivity contribution in [2.45, 2.75) is 19.4 Å². The van der Waals surface area contributed by atoms with Crippen LogP contribution in [0.1, 0.15) is 23.6 Å². The van der Waals surface area contributed by atoms with Gasteiger partial charge in [-0.2, -0.15) is 0 Å². The normalized spacial score (nSPS) is 12.6. The summed E-state index contributed by atoms with van der Waals surface area (Å²) in [6, 6.07) is 6.02. The molecule has 1 aromatic rings. The lowest BCUT2D eigenvalue weighted by molar-refractivity contribution is 0.411. The fourth-order valence-electron chi connectivity index (χ4n) is 1.48. The molecule has 0 amide bonds. The fourth-order valence-corrected chi connectivity index (χ4v) is 1.48. The highest BCUT2D eigenvalue weighted by molar-refractivity contribution is 5.37. The monoisotopic (exact) mass is 194 g/mol. The van der Waals surface area contributed by atoms with Crippen molar-refractivity contribution in [2.75, 3.05) is 13.7 Å². The molecule has 0 unspecified atom stereocenters. The van der Waals surface area contributed by atoms with Gasteiger partial charge in [-0.15, -0.1) is 0 Å². The van der Waals surface area contributed by atoms with Gasteiger partial charge in [0.15, 0.2) is 0 Å². The number of hydrogen-bond donors (Lipinski definition) is 2. The summed E-state index contributed by atoms with van der Waals surface area (Å²) in [7, 11) is 1.67. The van der Waals surface area contributed by atoms with E-state index in [0.717, 1.165) is 23.3 Å². The molecule has 0 saturated heterocycles. The summed E-state index contributed by atoms with van der Waals surface area (Å²) in [6.07, 6.45) is 0.811. The molecule has 0 saturated carbocycles. The highest BCUT2D eigenvalue weighted by Gasteiger charge is 2.06. The summed E-state index contributed by atoms with van der Waals surface area (Å²) in [5.41, 5.74) is 13.6. The van der Waals surface area contributed by atoms with Crippen LogP contribution in [0, 0.1) is 6.92 Å². The van der Waals surface area contributed by atoms with Gasteiger partial charge >= 0.3 is 0 Å². The van der Waals surface area contributed by atoms with Gasteiger partial charge in [0.1, 0.15) is 5.75 Å². The van der Waals surface area contributed by atoms with Gasteiger partial charge in [0.05, 0.1) is 7.11 Å². The Balaban J connectivity index is 2.85. The lowest BCUT2D eigenvalue weighted by Gasteiger charge is -2.13. The first kappa shape index (κ1) is 11.0. The van der Waals surface area contributed by atoms with E-state index in [-0.39, 0.29) is 6.04 Å². The van der Waals surface area contributed by atoms with E-state index in [2.05, 4.69) is 6.07 Å². The zero-order chi connectivity index (χ0) is 10.6. The molecule has 0 radical (unpaired) electrons. The van der Waals surface area contributed by atoms with E-state index >= 15 is 0 Å². The molecule has 1 aromatic carbocycles. The van der Waals surface area contributed by atoms with Crippen LogP contribution in [0.25, 0.3) is 0 Å². The maximum Gasteiger partial charge on any atom is 0.121 e. The Bertz CT molecular complexity index is 299. The first-order chi connectivity index (χ1) is 6.69. The van der Waals surface area contributed by atoms with E-state index < -0.39 is 0 Å². The van der Waals surface area contributed by atoms with Gasteiger partial charge in [0, 0.05) is 6.04 Å². The topological polar surface area (TPSA) is 61.3 Å². The number of ether oxygens (including phenoxy) is 1. The molecule has 0 bridgehead atoms. The van der Waals surface area contributed by atoms with E-state index in [0.29, 0.717) is 6.54 Å². The van der Waals surface area contributed by atoms with Crippen LogP contribution in [0.15, 0.2) is 18.2 Å². The average molecular weight is 194 g/mol. The Morgan fingerprint density at radius 1 is 1.43 bits per heavy atom. The summed E-state index contributed by atoms with van der Waals surface area (Å²) in [4.78, 5) is 0. The third-order valence-electron chi connectivity index (χ3n) is 2.32. The molecular formula is C11H18N2O. The molecule has 0 aliphatic carbocycles. The SMILES string of the molecule is COc1ccc([C@@H](N)CCN)cc1C. The fraction of sp³-hybridized carbons (Fsp3) is 0.455. The van der Waals surface area contributed by atoms with Gasteiger partial charge in [-0.3, -0.25) is 0 Å². The molecule has 0 aliphatic heterocycles. The van der Waals surface area contributed by atoms with Crippen molar-refractivity contribution in [2.24, 2.45) is 11.5 Å². The van der Waals surface area contributed by atoms with Crippen LogP contribution in [-0.4, -0.2) is 13.7 Å². The van der Waals surface area contributed by atoms with E-state index in [1.165, 1.54) is 0 Å². The lowest BCUT2D eigenvalue weighted by Crippen LogP contribution is -2.15. The predicted octanol–water partition coefficient (Wildman–Crippen LogP) is 1.35. The van der Waals surface area contributed by atoms with Crippen LogP contribution in [0.4, 0.5) is 0 Å². The first-order valence-corrected chi connectivity index (χ1v) is 4.79. The second-order valence-corrected chi connectivity index (χ2v) is 3.41. The van der Waals surface area contributed by atoms with E-state index in [1.54, 1.807) is 7.11 Å². The Morgan fingerprint density at radius 3 is 2.64 bits per heavy atom. The first-order valence-electron chi connectivity index (χ1n) is 4.79. The molecule has 4 N–H and O–H groups in total. The van der Waals surface area contributed by atoms with E-state index in [1.807, 2.05) is 19.1 Å². The smallest absolute Gasteiger partial charge is 0.121 e. The predicted molar refractivity (Wildman–Crippen MR) is 58.3 cm³/mol. The van der Waals surface area contributed by atoms with E-state index in [4.69, 9.17) is 16.2 Å². The van der Waals surface area contributed by atoms with Gasteiger partial charge in [-0.1, -0.05) is 12.1 Å². The quantitative estimate of drug-likeness (QED) is 0.760. The highest BCUT2D eigenvalue weighted by atomic mass is 16.5. The minimum absolute atomic E-state index is 0.0320. The average Bonchev–Trinajstić information content (AvgIpc) is 2.18. The Kier molecular flexibility index (Phi) is 3.92. The van der Waals surface area contributed by atoms with Crippen LogP contribution in [0.5, 0.6) is 5.75 Å². The Morgan fingerprint density at radius 2 is 2.14 bits per heavy atom. The number of methoxy groups -OCH3 is 1. The van der Waals surface area contributed by atoms with Gasteiger partial charge in [-0.25, -0.2) is 0 Å². The van der Waals surface area contributed by atoms with Crippen molar-refractivity contribution in [1.82, 2.24) is 0 Å². The van der Waals surface area contributed by atoms with Crippen molar-refractivity contribution in [3.05, 3.63) is 29.3 Å². The zero-order valence-electron chi connectivity index (χ0n) is 8.79. The molecule has 1 rings (SSSR count). The number of rotatable bonds is 4. The third-order valence-corrected chi connectivity index (χ3v) is 2.32. The number of aryl methyl sites for hydroxylation is 1. The minimum atomic E-state index is 0.0320. The van der Waals surface area contributed by atoms with Crippen molar-refractivity contribution in [1.29, 1.82) is 0 Å². The molecule has 0 aliphatic rings. The molecule has 0 aromatic heterocycles. The second kappa shape index (κ2) is 4.98. The summed E-state index contributed by atoms with van der Waals surface area (Å²) < 4.78 is 5.17. The molecule has 1 atom stereocenters. The standard InChI is InChI=1S/C11H18N2O/c1-8-7-9(10(13)5-6-12)3-4-11(8)14-2/h3-4,7,10H,5-6,12-13H2,1-2H3/t10-/m0/s1. The van der Waals surface area contributed by atoms with Crippen molar-refractivity contribution >= 4 is 0 Å². The number of nitrogens with two attached hydrogens (primary N) is 2. The minimum Gasteiger partial charge on any atom is -0.496 e. The molecule has 3 heteroatoms. The van der Waals surface area contributed by atoms with E-state index in [9.17, 15) is 0 Å². The van der Waals surface area contributed by atoms with Crippen LogP contribution in [0.2, 0.25) is 0 Å². The summed E-state index contributed by atoms with van der Waals surface area (Å²) in [5, 5.41) is 0. The van der Waals surface area contributed by atoms with Crippen molar-refractivity contribution < 1.29 is 4.74 Å². The maximum atomic E-state index is 5.95. The molecule has 0 fully saturated rings. The summed E-state index contributed by atoms with van der Waals surface area (Å²) in [5.74, 6) is 0.897. The summed E-state index contributed by atoms with van der Waals surface area (Å²) >= 11 is 0. The maximum absolute atomic E-state index is 5.95. The van der Waals surface area contributed by atoms with Crippen LogP contribution in [0.3, 0.4) is 0 Å². The number of benzene rings is 1. The molecule has 78 valence electrons. The highest BCUT2D eigenvalue weighted by Crippen LogP contribution is 2.22. The van der Waals surface area contributed by atoms with Crippen molar-refractivity contribution in [3.63, 3.8) is 0 Å². The molecule has 0 spiro atoms. The number of hydrogen-bond acceptors (Lipinski definition) is 3. The second-order valence-electron chi connectivity index (χ2n) is 3.41.